The van der Waals surface area contributed by atoms with Gasteiger partial charge in [0.05, 0.1) is 0 Å². The number of rotatable bonds is 0. The summed E-state index contributed by atoms with van der Waals surface area (Å²) in [7, 11) is 0. The summed E-state index contributed by atoms with van der Waals surface area (Å²) in [5, 5.41) is 0. The Bertz CT molecular complexity index is 243. The van der Waals surface area contributed by atoms with Crippen LogP contribution in [0, 0.1) is 11.8 Å². The molecule has 0 radical (unpaired) electrons. The molecule has 0 unspecified atom stereocenters. The van der Waals surface area contributed by atoms with Crippen LogP contribution in [0.1, 0.15) is 181 Å². The van der Waals surface area contributed by atoms with Crippen molar-refractivity contribution in [2.75, 3.05) is 0 Å². The lowest BCUT2D eigenvalue weighted by Gasteiger charge is -2.15. The second-order valence-corrected chi connectivity index (χ2v) is 11.1. The molecule has 6 aliphatic rings. The molecule has 6 saturated carbocycles. The molecule has 0 nitrogen and oxygen atoms in total. The van der Waals surface area contributed by atoms with Gasteiger partial charge in [0.25, 0.3) is 0 Å². The van der Waals surface area contributed by atoms with Crippen LogP contribution in [0.15, 0.2) is 0 Å². The Balaban J connectivity index is 0.000000185. The van der Waals surface area contributed by atoms with Gasteiger partial charge in [-0.1, -0.05) is 181 Å². The topological polar surface area (TPSA) is 0 Å². The molecule has 0 spiro atoms. The second-order valence-electron chi connectivity index (χ2n) is 11.1. The van der Waals surface area contributed by atoms with Gasteiger partial charge in [-0.15, -0.1) is 0 Å². The quantitative estimate of drug-likeness (QED) is 0.365. The lowest BCUT2D eigenvalue weighted by atomic mass is 9.91. The van der Waals surface area contributed by atoms with Gasteiger partial charge in [0, 0.05) is 0 Å². The van der Waals surface area contributed by atoms with Crippen LogP contribution in [0.25, 0.3) is 0 Å². The van der Waals surface area contributed by atoms with E-state index in [2.05, 4.69) is 13.8 Å². The fraction of sp³-hybridized carbons (Fsp3) is 1.00. The van der Waals surface area contributed by atoms with Crippen LogP contribution in [-0.4, -0.2) is 0 Å². The molecular weight excluding hydrogens is 360 g/mol. The fourth-order valence-electron chi connectivity index (χ4n) is 4.38. The maximum atomic E-state index is 2.36. The van der Waals surface area contributed by atoms with Gasteiger partial charge >= 0.3 is 0 Å². The first kappa shape index (κ1) is 28.0. The minimum absolute atomic E-state index is 1.04. The molecule has 0 aromatic rings. The molecule has 0 amide bonds. The summed E-state index contributed by atoms with van der Waals surface area (Å²) in [5.41, 5.74) is 0. The summed E-state index contributed by atoms with van der Waals surface area (Å²) in [4.78, 5) is 0. The third kappa shape index (κ3) is 26.0. The SMILES string of the molecule is C1CC1.C1CC1.C1CCCC1.C1CCCC1.CC1CCCCC1.CC1CCCCC1. The van der Waals surface area contributed by atoms with E-state index in [0.29, 0.717) is 0 Å². The number of hydrogen-bond acceptors (Lipinski definition) is 0. The first-order chi connectivity index (χ1) is 14.8. The molecule has 0 aromatic carbocycles. The molecule has 0 heteroatoms. The van der Waals surface area contributed by atoms with Crippen molar-refractivity contribution in [2.45, 2.75) is 181 Å². The average Bonchev–Trinajstić information content (AvgIpc) is 3.74. The summed E-state index contributed by atoms with van der Waals surface area (Å²) in [6.07, 6.45) is 38.9. The first-order valence-electron chi connectivity index (χ1n) is 14.8. The highest BCUT2D eigenvalue weighted by molar-refractivity contribution is 4.60. The maximum absolute atomic E-state index is 2.36. The van der Waals surface area contributed by atoms with Gasteiger partial charge in [-0.2, -0.15) is 0 Å². The fourth-order valence-corrected chi connectivity index (χ4v) is 4.38. The molecule has 6 aliphatic carbocycles. The van der Waals surface area contributed by atoms with Gasteiger partial charge in [0.1, 0.15) is 0 Å². The van der Waals surface area contributed by atoms with E-state index in [1.165, 1.54) is 167 Å². The minimum atomic E-state index is 1.04. The highest BCUT2D eigenvalue weighted by atomic mass is 14.1. The Labute approximate surface area is 192 Å². The maximum Gasteiger partial charge on any atom is -0.0443 e. The smallest absolute Gasteiger partial charge is 0.0443 e. The number of hydrogen-bond donors (Lipinski definition) is 0. The van der Waals surface area contributed by atoms with Crippen LogP contribution in [0.3, 0.4) is 0 Å². The van der Waals surface area contributed by atoms with Gasteiger partial charge in [-0.25, -0.2) is 0 Å². The zero-order valence-corrected chi connectivity index (χ0v) is 21.5. The van der Waals surface area contributed by atoms with E-state index in [4.69, 9.17) is 0 Å². The molecule has 0 atom stereocenters. The van der Waals surface area contributed by atoms with E-state index in [1.54, 1.807) is 0 Å². The standard InChI is InChI=1S/2C7H14.2C5H10.2C3H6/c2*1-7-5-3-2-4-6-7;2*1-2-4-5-3-1;2*1-2-3-1/h2*7H,2-6H2,1H3;2*1-5H2;2*1-3H2. The Kier molecular flexibility index (Phi) is 20.7. The van der Waals surface area contributed by atoms with Gasteiger partial charge in [0.2, 0.25) is 0 Å². The van der Waals surface area contributed by atoms with Crippen molar-refractivity contribution in [3.8, 4) is 0 Å². The molecule has 6 fully saturated rings. The van der Waals surface area contributed by atoms with E-state index in [1.807, 2.05) is 0 Å². The summed E-state index contributed by atoms with van der Waals surface area (Å²) >= 11 is 0. The van der Waals surface area contributed by atoms with Crippen LogP contribution in [0.2, 0.25) is 0 Å². The molecule has 0 N–H and O–H groups in total. The molecule has 180 valence electrons. The van der Waals surface area contributed by atoms with Crippen LogP contribution in [0.5, 0.6) is 0 Å². The Hall–Kier alpha value is 0. The molecule has 6 rings (SSSR count). The zero-order chi connectivity index (χ0) is 21.5. The van der Waals surface area contributed by atoms with Gasteiger partial charge in [0.15, 0.2) is 0 Å². The first-order valence-corrected chi connectivity index (χ1v) is 14.8. The Morgan fingerprint density at radius 3 is 0.467 bits per heavy atom. The highest BCUT2D eigenvalue weighted by Crippen LogP contribution is 2.22. The summed E-state index contributed by atoms with van der Waals surface area (Å²) in [5.74, 6) is 2.07. The molecule has 0 heterocycles. The highest BCUT2D eigenvalue weighted by Gasteiger charge is 2.06. The molecule has 0 aromatic heterocycles. The van der Waals surface area contributed by atoms with E-state index in [9.17, 15) is 0 Å². The lowest BCUT2D eigenvalue weighted by molar-refractivity contribution is 0.385. The minimum Gasteiger partial charge on any atom is -0.0625 e. The molecule has 30 heavy (non-hydrogen) atoms. The van der Waals surface area contributed by atoms with E-state index in [-0.39, 0.29) is 0 Å². The van der Waals surface area contributed by atoms with Gasteiger partial charge in [-0.3, -0.25) is 0 Å². The van der Waals surface area contributed by atoms with Crippen LogP contribution in [-0.2, 0) is 0 Å². The molecule has 0 aliphatic heterocycles. The van der Waals surface area contributed by atoms with Crippen molar-refractivity contribution in [3.63, 3.8) is 0 Å². The predicted molar refractivity (Wildman–Crippen MR) is 138 cm³/mol. The Morgan fingerprint density at radius 2 is 0.367 bits per heavy atom. The van der Waals surface area contributed by atoms with Crippen molar-refractivity contribution < 1.29 is 0 Å². The zero-order valence-electron chi connectivity index (χ0n) is 21.5. The molecule has 0 bridgehead atoms. The average molecular weight is 421 g/mol. The van der Waals surface area contributed by atoms with Crippen molar-refractivity contribution in [1.29, 1.82) is 0 Å². The largest absolute Gasteiger partial charge is 0.0625 e. The van der Waals surface area contributed by atoms with E-state index < -0.39 is 0 Å². The predicted octanol–water partition coefficient (Wildman–Crippen LogP) is 11.4. The molecular formula is C30H60. The van der Waals surface area contributed by atoms with Crippen molar-refractivity contribution >= 4 is 0 Å². The van der Waals surface area contributed by atoms with Crippen LogP contribution >= 0.6 is 0 Å². The summed E-state index contributed by atoms with van der Waals surface area (Å²) < 4.78 is 0. The van der Waals surface area contributed by atoms with Gasteiger partial charge < -0.3 is 0 Å². The summed E-state index contributed by atoms with van der Waals surface area (Å²) in [6.45, 7) is 4.72. The van der Waals surface area contributed by atoms with E-state index >= 15 is 0 Å². The third-order valence-corrected chi connectivity index (χ3v) is 6.99. The van der Waals surface area contributed by atoms with Gasteiger partial charge in [-0.05, 0) is 11.8 Å². The van der Waals surface area contributed by atoms with Crippen LogP contribution < -0.4 is 0 Å². The monoisotopic (exact) mass is 420 g/mol. The molecule has 0 saturated heterocycles. The third-order valence-electron chi connectivity index (χ3n) is 6.99. The van der Waals surface area contributed by atoms with E-state index in [0.717, 1.165) is 11.8 Å². The van der Waals surface area contributed by atoms with Crippen molar-refractivity contribution in [1.82, 2.24) is 0 Å². The van der Waals surface area contributed by atoms with Crippen LogP contribution in [0.4, 0.5) is 0 Å². The summed E-state index contributed by atoms with van der Waals surface area (Å²) in [6, 6.07) is 0. The second kappa shape index (κ2) is 22.2. The lowest BCUT2D eigenvalue weighted by Crippen LogP contribution is -1.99. The Morgan fingerprint density at radius 1 is 0.233 bits per heavy atom. The van der Waals surface area contributed by atoms with Crippen molar-refractivity contribution in [3.05, 3.63) is 0 Å². The normalized spacial score (nSPS) is 24.6. The van der Waals surface area contributed by atoms with Crippen molar-refractivity contribution in [2.24, 2.45) is 11.8 Å².